The van der Waals surface area contributed by atoms with E-state index < -0.39 is 0 Å². The van der Waals surface area contributed by atoms with E-state index in [1.807, 2.05) is 0 Å². The highest BCUT2D eigenvalue weighted by Gasteiger charge is 2.14. The highest BCUT2D eigenvalue weighted by Crippen LogP contribution is 2.11. The number of nitrogens with one attached hydrogen (secondary N) is 1. The van der Waals surface area contributed by atoms with Crippen LogP contribution in [0.5, 0.6) is 0 Å². The Balaban J connectivity index is 1.82. The molecule has 3 heteroatoms. The van der Waals surface area contributed by atoms with Crippen LogP contribution in [-0.4, -0.2) is 37.0 Å². The van der Waals surface area contributed by atoms with Crippen molar-refractivity contribution in [1.29, 1.82) is 0 Å². The van der Waals surface area contributed by atoms with Gasteiger partial charge < -0.3 is 10.2 Å². The second kappa shape index (κ2) is 17.6. The van der Waals surface area contributed by atoms with Crippen molar-refractivity contribution in [3.05, 3.63) is 12.2 Å². The van der Waals surface area contributed by atoms with Crippen molar-refractivity contribution in [1.82, 2.24) is 10.2 Å². The summed E-state index contributed by atoms with van der Waals surface area (Å²) < 4.78 is 0. The number of hydrogen-bond donors (Lipinski definition) is 1. The maximum atomic E-state index is 12.2. The van der Waals surface area contributed by atoms with Gasteiger partial charge in [0.1, 0.15) is 0 Å². The zero-order chi connectivity index (χ0) is 18.7. The predicted octanol–water partition coefficient (Wildman–Crippen LogP) is 5.85. The van der Waals surface area contributed by atoms with Crippen LogP contribution < -0.4 is 5.32 Å². The van der Waals surface area contributed by atoms with E-state index in [-0.39, 0.29) is 0 Å². The summed E-state index contributed by atoms with van der Waals surface area (Å²) in [5.74, 6) is 0.367. The maximum absolute atomic E-state index is 12.2. The molecule has 0 aromatic heterocycles. The molecular weight excluding hydrogens is 320 g/mol. The van der Waals surface area contributed by atoms with Gasteiger partial charge in [0.2, 0.25) is 5.91 Å². The lowest BCUT2D eigenvalue weighted by atomic mass is 10.1. The van der Waals surface area contributed by atoms with Crippen LogP contribution in [0, 0.1) is 0 Å². The average Bonchev–Trinajstić information content (AvgIpc) is 2.94. The molecule has 0 aliphatic carbocycles. The van der Waals surface area contributed by atoms with Gasteiger partial charge in [0.05, 0.1) is 0 Å². The van der Waals surface area contributed by atoms with Crippen molar-refractivity contribution in [2.24, 2.45) is 0 Å². The molecule has 1 aliphatic heterocycles. The molecule has 0 aromatic carbocycles. The van der Waals surface area contributed by atoms with Crippen LogP contribution in [-0.2, 0) is 4.79 Å². The fraction of sp³-hybridized carbons (Fsp3) is 0.870. The van der Waals surface area contributed by atoms with E-state index in [0.717, 1.165) is 45.4 Å². The van der Waals surface area contributed by atoms with Crippen molar-refractivity contribution in [3.8, 4) is 0 Å². The second-order valence-corrected chi connectivity index (χ2v) is 7.82. The molecule has 0 spiro atoms. The SMILES string of the molecule is CCCCCCCCC=CCCCCCCCC(=O)N1CCCNCC1. The van der Waals surface area contributed by atoms with Gasteiger partial charge in [-0.3, -0.25) is 4.79 Å². The molecule has 1 rings (SSSR count). The van der Waals surface area contributed by atoms with Crippen molar-refractivity contribution in [2.75, 3.05) is 26.2 Å². The van der Waals surface area contributed by atoms with E-state index in [0.29, 0.717) is 5.91 Å². The van der Waals surface area contributed by atoms with Gasteiger partial charge in [-0.25, -0.2) is 0 Å². The van der Waals surface area contributed by atoms with E-state index in [1.54, 1.807) is 0 Å². The molecule has 3 nitrogen and oxygen atoms in total. The largest absolute Gasteiger partial charge is 0.341 e. The molecule has 0 atom stereocenters. The first kappa shape index (κ1) is 23.2. The predicted molar refractivity (Wildman–Crippen MR) is 114 cm³/mol. The van der Waals surface area contributed by atoms with E-state index in [2.05, 4.69) is 29.3 Å². The number of unbranched alkanes of at least 4 members (excludes halogenated alkanes) is 11. The first-order valence-corrected chi connectivity index (χ1v) is 11.5. The molecule has 0 aromatic rings. The van der Waals surface area contributed by atoms with Gasteiger partial charge in [-0.15, -0.1) is 0 Å². The highest BCUT2D eigenvalue weighted by atomic mass is 16.2. The summed E-state index contributed by atoms with van der Waals surface area (Å²) in [5.41, 5.74) is 0. The highest BCUT2D eigenvalue weighted by molar-refractivity contribution is 5.76. The molecule has 1 heterocycles. The molecular formula is C23H44N2O. The van der Waals surface area contributed by atoms with Gasteiger partial charge in [0.15, 0.2) is 0 Å². The van der Waals surface area contributed by atoms with Gasteiger partial charge in [0.25, 0.3) is 0 Å². The number of carbonyl (C=O) groups excluding carboxylic acids is 1. The number of allylic oxidation sites excluding steroid dienone is 2. The van der Waals surface area contributed by atoms with E-state index in [1.165, 1.54) is 77.0 Å². The fourth-order valence-corrected chi connectivity index (χ4v) is 3.60. The summed E-state index contributed by atoms with van der Waals surface area (Å²) in [4.78, 5) is 14.2. The van der Waals surface area contributed by atoms with Crippen molar-refractivity contribution in [2.45, 2.75) is 103 Å². The quantitative estimate of drug-likeness (QED) is 0.292. The summed E-state index contributed by atoms with van der Waals surface area (Å²) >= 11 is 0. The Labute approximate surface area is 163 Å². The smallest absolute Gasteiger partial charge is 0.222 e. The topological polar surface area (TPSA) is 32.3 Å². The van der Waals surface area contributed by atoms with Gasteiger partial charge >= 0.3 is 0 Å². The van der Waals surface area contributed by atoms with Crippen molar-refractivity contribution < 1.29 is 4.79 Å². The zero-order valence-electron chi connectivity index (χ0n) is 17.4. The van der Waals surface area contributed by atoms with Gasteiger partial charge in [-0.05, 0) is 45.1 Å². The maximum Gasteiger partial charge on any atom is 0.222 e. The lowest BCUT2D eigenvalue weighted by Crippen LogP contribution is -2.33. The standard InChI is InChI=1S/C23H44N2O/c1-2-3-4-5-6-7-8-9-10-11-12-13-14-15-16-18-23(26)25-21-17-19-24-20-22-25/h9-10,24H,2-8,11-22H2,1H3. The van der Waals surface area contributed by atoms with Crippen LogP contribution in [0.4, 0.5) is 0 Å². The van der Waals surface area contributed by atoms with E-state index >= 15 is 0 Å². The van der Waals surface area contributed by atoms with Gasteiger partial charge in [0, 0.05) is 26.1 Å². The molecule has 1 amide bonds. The Morgan fingerprint density at radius 1 is 0.808 bits per heavy atom. The van der Waals surface area contributed by atoms with E-state index in [9.17, 15) is 4.79 Å². The van der Waals surface area contributed by atoms with Crippen LogP contribution in [0.1, 0.15) is 103 Å². The third-order valence-electron chi connectivity index (χ3n) is 5.35. The summed E-state index contributed by atoms with van der Waals surface area (Å²) in [5, 5.41) is 3.35. The Bertz CT molecular complexity index is 346. The second-order valence-electron chi connectivity index (χ2n) is 7.82. The Morgan fingerprint density at radius 2 is 1.42 bits per heavy atom. The number of hydrogen-bond acceptors (Lipinski definition) is 2. The van der Waals surface area contributed by atoms with Crippen molar-refractivity contribution in [3.63, 3.8) is 0 Å². The van der Waals surface area contributed by atoms with Crippen LogP contribution in [0.15, 0.2) is 12.2 Å². The molecule has 26 heavy (non-hydrogen) atoms. The first-order valence-electron chi connectivity index (χ1n) is 11.5. The minimum absolute atomic E-state index is 0.367. The molecule has 0 unspecified atom stereocenters. The van der Waals surface area contributed by atoms with Crippen LogP contribution in [0.25, 0.3) is 0 Å². The van der Waals surface area contributed by atoms with Crippen LogP contribution in [0.2, 0.25) is 0 Å². The molecule has 1 fully saturated rings. The first-order chi connectivity index (χ1) is 12.8. The van der Waals surface area contributed by atoms with Crippen LogP contribution in [0.3, 0.4) is 0 Å². The Kier molecular flexibility index (Phi) is 15.7. The summed E-state index contributed by atoms with van der Waals surface area (Å²) in [6.45, 7) is 6.12. The lowest BCUT2D eigenvalue weighted by molar-refractivity contribution is -0.131. The number of carbonyl (C=O) groups is 1. The molecule has 0 saturated carbocycles. The Hall–Kier alpha value is -0.830. The monoisotopic (exact) mass is 364 g/mol. The fourth-order valence-electron chi connectivity index (χ4n) is 3.60. The third kappa shape index (κ3) is 13.4. The number of amides is 1. The van der Waals surface area contributed by atoms with Crippen molar-refractivity contribution >= 4 is 5.91 Å². The minimum atomic E-state index is 0.367. The summed E-state index contributed by atoms with van der Waals surface area (Å²) in [7, 11) is 0. The number of nitrogens with zero attached hydrogens (tertiary/aromatic N) is 1. The van der Waals surface area contributed by atoms with Gasteiger partial charge in [-0.1, -0.05) is 70.4 Å². The average molecular weight is 365 g/mol. The number of rotatable bonds is 15. The molecule has 0 radical (unpaired) electrons. The summed E-state index contributed by atoms with van der Waals surface area (Å²) in [6.07, 6.45) is 23.6. The molecule has 1 saturated heterocycles. The normalized spacial score (nSPS) is 15.5. The third-order valence-corrected chi connectivity index (χ3v) is 5.35. The van der Waals surface area contributed by atoms with Gasteiger partial charge in [-0.2, -0.15) is 0 Å². The zero-order valence-corrected chi connectivity index (χ0v) is 17.4. The molecule has 1 N–H and O–H groups in total. The Morgan fingerprint density at radius 3 is 2.12 bits per heavy atom. The molecule has 152 valence electrons. The minimum Gasteiger partial charge on any atom is -0.341 e. The lowest BCUT2D eigenvalue weighted by Gasteiger charge is -2.19. The van der Waals surface area contributed by atoms with E-state index in [4.69, 9.17) is 0 Å². The van der Waals surface area contributed by atoms with Crippen LogP contribution >= 0.6 is 0 Å². The molecule has 0 bridgehead atoms. The molecule has 1 aliphatic rings. The summed E-state index contributed by atoms with van der Waals surface area (Å²) in [6, 6.07) is 0.